The highest BCUT2D eigenvalue weighted by molar-refractivity contribution is 5.97. The third kappa shape index (κ3) is 4.30. The molecule has 0 aromatic heterocycles. The Labute approximate surface area is 120 Å². The standard InChI is InChI=1S/C16H23NO3/c1-6-12(3)17-16(18)11(2)9-13-7-8-14(19-4)15(10-13)20-5/h7-10,12H,6H2,1-5H3,(H,17,18)/b11-9+. The number of rotatable bonds is 6. The van der Waals surface area contributed by atoms with Crippen LogP contribution in [0.3, 0.4) is 0 Å². The van der Waals surface area contributed by atoms with Crippen LogP contribution in [-0.2, 0) is 4.79 Å². The van der Waals surface area contributed by atoms with Gasteiger partial charge in [-0.05, 0) is 44.0 Å². The summed E-state index contributed by atoms with van der Waals surface area (Å²) in [6.45, 7) is 5.83. The first-order valence-corrected chi connectivity index (χ1v) is 6.73. The lowest BCUT2D eigenvalue weighted by molar-refractivity contribution is -0.117. The molecular formula is C16H23NO3. The van der Waals surface area contributed by atoms with Crippen molar-refractivity contribution < 1.29 is 14.3 Å². The van der Waals surface area contributed by atoms with E-state index in [9.17, 15) is 4.79 Å². The van der Waals surface area contributed by atoms with Gasteiger partial charge in [-0.25, -0.2) is 0 Å². The maximum Gasteiger partial charge on any atom is 0.247 e. The SMILES string of the molecule is CCC(C)NC(=O)/C(C)=C/c1ccc(OC)c(OC)c1. The number of nitrogens with one attached hydrogen (secondary N) is 1. The van der Waals surface area contributed by atoms with Crippen LogP contribution in [0, 0.1) is 0 Å². The van der Waals surface area contributed by atoms with Crippen molar-refractivity contribution >= 4 is 12.0 Å². The van der Waals surface area contributed by atoms with Crippen LogP contribution in [0.15, 0.2) is 23.8 Å². The number of methoxy groups -OCH3 is 2. The topological polar surface area (TPSA) is 47.6 Å². The van der Waals surface area contributed by atoms with E-state index in [0.29, 0.717) is 17.1 Å². The molecule has 110 valence electrons. The van der Waals surface area contributed by atoms with E-state index in [1.807, 2.05) is 38.1 Å². The van der Waals surface area contributed by atoms with E-state index >= 15 is 0 Å². The molecule has 0 aliphatic heterocycles. The third-order valence-corrected chi connectivity index (χ3v) is 3.14. The summed E-state index contributed by atoms with van der Waals surface area (Å²) >= 11 is 0. The molecule has 0 heterocycles. The van der Waals surface area contributed by atoms with Crippen molar-refractivity contribution in [1.29, 1.82) is 0 Å². The van der Waals surface area contributed by atoms with E-state index < -0.39 is 0 Å². The summed E-state index contributed by atoms with van der Waals surface area (Å²) in [5, 5.41) is 2.94. The number of hydrogen-bond acceptors (Lipinski definition) is 3. The molecule has 1 N–H and O–H groups in total. The predicted molar refractivity (Wildman–Crippen MR) is 81.1 cm³/mol. The number of hydrogen-bond donors (Lipinski definition) is 1. The third-order valence-electron chi connectivity index (χ3n) is 3.14. The number of amides is 1. The smallest absolute Gasteiger partial charge is 0.247 e. The molecule has 0 saturated carbocycles. The zero-order valence-corrected chi connectivity index (χ0v) is 12.8. The van der Waals surface area contributed by atoms with Crippen LogP contribution < -0.4 is 14.8 Å². The van der Waals surface area contributed by atoms with Gasteiger partial charge >= 0.3 is 0 Å². The quantitative estimate of drug-likeness (QED) is 0.813. The van der Waals surface area contributed by atoms with Crippen molar-refractivity contribution in [3.05, 3.63) is 29.3 Å². The second-order valence-electron chi connectivity index (χ2n) is 4.72. The predicted octanol–water partition coefficient (Wildman–Crippen LogP) is 3.02. The zero-order valence-electron chi connectivity index (χ0n) is 12.8. The minimum Gasteiger partial charge on any atom is -0.493 e. The molecule has 0 spiro atoms. The summed E-state index contributed by atoms with van der Waals surface area (Å²) in [5.74, 6) is 1.27. The minimum absolute atomic E-state index is 0.0471. The lowest BCUT2D eigenvalue weighted by Gasteiger charge is -2.12. The fourth-order valence-corrected chi connectivity index (χ4v) is 1.70. The van der Waals surface area contributed by atoms with Crippen LogP contribution in [0.5, 0.6) is 11.5 Å². The molecule has 20 heavy (non-hydrogen) atoms. The van der Waals surface area contributed by atoms with Gasteiger partial charge in [0.15, 0.2) is 11.5 Å². The van der Waals surface area contributed by atoms with Crippen molar-refractivity contribution in [3.8, 4) is 11.5 Å². The molecule has 0 bridgehead atoms. The number of benzene rings is 1. The number of carbonyl (C=O) groups is 1. The summed E-state index contributed by atoms with van der Waals surface area (Å²) in [7, 11) is 3.19. The normalized spacial score (nSPS) is 12.8. The molecule has 1 rings (SSSR count). The molecule has 0 fully saturated rings. The highest BCUT2D eigenvalue weighted by Gasteiger charge is 2.08. The zero-order chi connectivity index (χ0) is 15.1. The Morgan fingerprint density at radius 1 is 1.30 bits per heavy atom. The van der Waals surface area contributed by atoms with E-state index in [-0.39, 0.29) is 11.9 Å². The molecule has 1 amide bonds. The Kier molecular flexibility index (Phi) is 6.10. The maximum absolute atomic E-state index is 12.0. The van der Waals surface area contributed by atoms with Gasteiger partial charge in [0, 0.05) is 11.6 Å². The van der Waals surface area contributed by atoms with Crippen molar-refractivity contribution in [2.45, 2.75) is 33.2 Å². The molecule has 0 radical (unpaired) electrons. The van der Waals surface area contributed by atoms with E-state index in [1.54, 1.807) is 21.1 Å². The molecular weight excluding hydrogens is 254 g/mol. The van der Waals surface area contributed by atoms with Crippen LogP contribution in [0.1, 0.15) is 32.8 Å². The van der Waals surface area contributed by atoms with Crippen LogP contribution in [0.2, 0.25) is 0 Å². The molecule has 1 aromatic rings. The van der Waals surface area contributed by atoms with Gasteiger partial charge in [-0.1, -0.05) is 13.0 Å². The van der Waals surface area contributed by atoms with Gasteiger partial charge in [0.05, 0.1) is 14.2 Å². The summed E-state index contributed by atoms with van der Waals surface area (Å²) in [4.78, 5) is 12.0. The van der Waals surface area contributed by atoms with Gasteiger partial charge in [-0.15, -0.1) is 0 Å². The maximum atomic E-state index is 12.0. The lowest BCUT2D eigenvalue weighted by Crippen LogP contribution is -2.32. The van der Waals surface area contributed by atoms with E-state index in [2.05, 4.69) is 5.32 Å². The summed E-state index contributed by atoms with van der Waals surface area (Å²) in [6.07, 6.45) is 2.75. The summed E-state index contributed by atoms with van der Waals surface area (Å²) in [5.41, 5.74) is 1.57. The Bertz CT molecular complexity index is 494. The highest BCUT2D eigenvalue weighted by atomic mass is 16.5. The van der Waals surface area contributed by atoms with E-state index in [1.165, 1.54) is 0 Å². The molecule has 1 aromatic carbocycles. The van der Waals surface area contributed by atoms with Crippen LogP contribution in [0.25, 0.3) is 6.08 Å². The largest absolute Gasteiger partial charge is 0.493 e. The van der Waals surface area contributed by atoms with Gasteiger partial charge in [0.25, 0.3) is 0 Å². The van der Waals surface area contributed by atoms with Crippen LogP contribution in [-0.4, -0.2) is 26.2 Å². The monoisotopic (exact) mass is 277 g/mol. The Morgan fingerprint density at radius 2 is 1.95 bits per heavy atom. The van der Waals surface area contributed by atoms with Crippen LogP contribution >= 0.6 is 0 Å². The molecule has 4 nitrogen and oxygen atoms in total. The first-order chi connectivity index (χ1) is 9.51. The first kappa shape index (κ1) is 16.1. The van der Waals surface area contributed by atoms with Crippen molar-refractivity contribution in [1.82, 2.24) is 5.32 Å². The lowest BCUT2D eigenvalue weighted by atomic mass is 10.1. The molecule has 1 unspecified atom stereocenters. The van der Waals surface area contributed by atoms with Crippen molar-refractivity contribution in [3.63, 3.8) is 0 Å². The highest BCUT2D eigenvalue weighted by Crippen LogP contribution is 2.28. The van der Waals surface area contributed by atoms with E-state index in [4.69, 9.17) is 9.47 Å². The van der Waals surface area contributed by atoms with Gasteiger partial charge < -0.3 is 14.8 Å². The minimum atomic E-state index is -0.0471. The molecule has 4 heteroatoms. The fraction of sp³-hybridized carbons (Fsp3) is 0.438. The van der Waals surface area contributed by atoms with Crippen molar-refractivity contribution in [2.75, 3.05) is 14.2 Å². The summed E-state index contributed by atoms with van der Waals surface area (Å²) < 4.78 is 10.4. The molecule has 0 aliphatic carbocycles. The Balaban J connectivity index is 2.90. The molecule has 1 atom stereocenters. The first-order valence-electron chi connectivity index (χ1n) is 6.73. The number of carbonyl (C=O) groups excluding carboxylic acids is 1. The average molecular weight is 277 g/mol. The van der Waals surface area contributed by atoms with Gasteiger partial charge in [0.2, 0.25) is 5.91 Å². The van der Waals surface area contributed by atoms with Crippen LogP contribution in [0.4, 0.5) is 0 Å². The van der Waals surface area contributed by atoms with Gasteiger partial charge in [-0.2, -0.15) is 0 Å². The van der Waals surface area contributed by atoms with Gasteiger partial charge in [0.1, 0.15) is 0 Å². The Morgan fingerprint density at radius 3 is 2.50 bits per heavy atom. The van der Waals surface area contributed by atoms with Gasteiger partial charge in [-0.3, -0.25) is 4.79 Å². The number of ether oxygens (including phenoxy) is 2. The molecule has 0 saturated heterocycles. The van der Waals surface area contributed by atoms with Crippen molar-refractivity contribution in [2.24, 2.45) is 0 Å². The second kappa shape index (κ2) is 7.58. The molecule has 0 aliphatic rings. The fourth-order valence-electron chi connectivity index (χ4n) is 1.70. The summed E-state index contributed by atoms with van der Waals surface area (Å²) in [6, 6.07) is 5.74. The Hall–Kier alpha value is -1.97. The van der Waals surface area contributed by atoms with E-state index in [0.717, 1.165) is 12.0 Å². The average Bonchev–Trinajstić information content (AvgIpc) is 2.46. The second-order valence-corrected chi connectivity index (χ2v) is 4.72.